The van der Waals surface area contributed by atoms with E-state index < -0.39 is 20.0 Å². The van der Waals surface area contributed by atoms with Gasteiger partial charge in [0.15, 0.2) is 0 Å². The van der Waals surface area contributed by atoms with Gasteiger partial charge in [-0.3, -0.25) is 4.72 Å². The van der Waals surface area contributed by atoms with Gasteiger partial charge < -0.3 is 9.47 Å². The lowest BCUT2D eigenvalue weighted by Gasteiger charge is -2.13. The van der Waals surface area contributed by atoms with Gasteiger partial charge in [-0.1, -0.05) is 0 Å². The molecule has 0 fully saturated rings. The van der Waals surface area contributed by atoms with Gasteiger partial charge in [0.25, 0.3) is 0 Å². The number of anilines is 1. The maximum atomic E-state index is 11.9. The Labute approximate surface area is 124 Å². The number of benzene rings is 1. The summed E-state index contributed by atoms with van der Waals surface area (Å²) in [5.74, 6) is -0.0776. The normalized spacial score (nSPS) is 12.1. The van der Waals surface area contributed by atoms with Crippen LogP contribution in [0.25, 0.3) is 0 Å². The second kappa shape index (κ2) is 7.07. The summed E-state index contributed by atoms with van der Waals surface area (Å²) in [5, 5.41) is 5.01. The number of rotatable bonds is 8. The molecule has 1 aromatic carbocycles. The van der Waals surface area contributed by atoms with Crippen molar-refractivity contribution in [3.63, 3.8) is 0 Å². The van der Waals surface area contributed by atoms with E-state index in [0.717, 1.165) is 6.07 Å². The van der Waals surface area contributed by atoms with E-state index in [1.165, 1.54) is 19.2 Å². The van der Waals surface area contributed by atoms with E-state index in [-0.39, 0.29) is 28.7 Å². The third-order valence-corrected chi connectivity index (χ3v) is 4.61. The molecule has 0 unspecified atom stereocenters. The molecule has 0 bridgehead atoms. The van der Waals surface area contributed by atoms with Crippen LogP contribution in [-0.4, -0.2) is 42.9 Å². The highest BCUT2D eigenvalue weighted by Crippen LogP contribution is 2.27. The number of primary sulfonamides is 1. The van der Waals surface area contributed by atoms with Gasteiger partial charge in [-0.05, 0) is 25.1 Å². The molecule has 0 aliphatic rings. The minimum Gasteiger partial charge on any atom is -0.495 e. The lowest BCUT2D eigenvalue weighted by atomic mass is 10.3. The van der Waals surface area contributed by atoms with E-state index in [1.54, 1.807) is 6.92 Å². The molecule has 0 atom stereocenters. The fourth-order valence-corrected chi connectivity index (χ4v) is 2.95. The summed E-state index contributed by atoms with van der Waals surface area (Å²) in [6.45, 7) is 2.18. The Morgan fingerprint density at radius 1 is 1.24 bits per heavy atom. The molecule has 1 aromatic rings. The first-order valence-corrected chi connectivity index (χ1v) is 9.18. The molecule has 120 valence electrons. The zero-order valence-corrected chi connectivity index (χ0v) is 13.3. The average molecular weight is 338 g/mol. The highest BCUT2D eigenvalue weighted by Gasteiger charge is 2.17. The van der Waals surface area contributed by atoms with E-state index in [4.69, 9.17) is 14.6 Å². The lowest BCUT2D eigenvalue weighted by Crippen LogP contribution is -2.21. The SMILES string of the molecule is CCOCCS(=O)(=O)Nc1cc(S(N)(=O)=O)ccc1OC. The van der Waals surface area contributed by atoms with Crippen molar-refractivity contribution in [2.24, 2.45) is 5.14 Å². The fraction of sp³-hybridized carbons (Fsp3) is 0.455. The highest BCUT2D eigenvalue weighted by molar-refractivity contribution is 7.92. The molecule has 0 aromatic heterocycles. The van der Waals surface area contributed by atoms with Crippen LogP contribution in [0.4, 0.5) is 5.69 Å². The van der Waals surface area contributed by atoms with Gasteiger partial charge in [0.05, 0.1) is 30.1 Å². The molecule has 0 saturated carbocycles. The smallest absolute Gasteiger partial charge is 0.238 e. The average Bonchev–Trinajstić information content (AvgIpc) is 2.37. The quantitative estimate of drug-likeness (QED) is 0.649. The van der Waals surface area contributed by atoms with E-state index in [9.17, 15) is 16.8 Å². The zero-order chi connectivity index (χ0) is 16.1. The van der Waals surface area contributed by atoms with Crippen LogP contribution in [-0.2, 0) is 24.8 Å². The van der Waals surface area contributed by atoms with Crippen molar-refractivity contribution in [2.75, 3.05) is 30.8 Å². The fourth-order valence-electron chi connectivity index (χ4n) is 1.48. The number of nitrogens with two attached hydrogens (primary N) is 1. The molecule has 0 aliphatic carbocycles. The van der Waals surface area contributed by atoms with Gasteiger partial charge in [-0.25, -0.2) is 22.0 Å². The summed E-state index contributed by atoms with van der Waals surface area (Å²) in [6.07, 6.45) is 0. The standard InChI is InChI=1S/C11H18N2O6S2/c1-3-19-6-7-20(14,15)13-10-8-9(21(12,16)17)4-5-11(10)18-2/h4-5,8,13H,3,6-7H2,1-2H3,(H2,12,16,17). The Hall–Kier alpha value is -1.36. The van der Waals surface area contributed by atoms with Crippen LogP contribution in [0, 0.1) is 0 Å². The van der Waals surface area contributed by atoms with Crippen molar-refractivity contribution in [1.29, 1.82) is 0 Å². The molecule has 0 spiro atoms. The van der Waals surface area contributed by atoms with Crippen LogP contribution in [0.1, 0.15) is 6.92 Å². The zero-order valence-electron chi connectivity index (χ0n) is 11.7. The summed E-state index contributed by atoms with van der Waals surface area (Å²) in [7, 11) is -6.30. The number of sulfonamides is 2. The monoisotopic (exact) mass is 338 g/mol. The Morgan fingerprint density at radius 3 is 2.43 bits per heavy atom. The van der Waals surface area contributed by atoms with Crippen molar-refractivity contribution in [2.45, 2.75) is 11.8 Å². The number of hydrogen-bond donors (Lipinski definition) is 2. The van der Waals surface area contributed by atoms with Crippen LogP contribution in [0.5, 0.6) is 5.75 Å². The molecule has 21 heavy (non-hydrogen) atoms. The van der Waals surface area contributed by atoms with Crippen molar-refractivity contribution in [1.82, 2.24) is 0 Å². The second-order valence-electron chi connectivity index (χ2n) is 4.02. The molecule has 0 radical (unpaired) electrons. The minimum absolute atomic E-state index is 0.000485. The summed E-state index contributed by atoms with van der Waals surface area (Å²) in [5.41, 5.74) is 0.000485. The molecule has 10 heteroatoms. The summed E-state index contributed by atoms with van der Waals surface area (Å²) in [6, 6.07) is 3.65. The molecule has 0 heterocycles. The van der Waals surface area contributed by atoms with Gasteiger partial charge in [0.1, 0.15) is 5.75 Å². The van der Waals surface area contributed by atoms with Crippen LogP contribution >= 0.6 is 0 Å². The van der Waals surface area contributed by atoms with E-state index in [0.29, 0.717) is 6.61 Å². The first-order chi connectivity index (χ1) is 9.69. The number of methoxy groups -OCH3 is 1. The van der Waals surface area contributed by atoms with Gasteiger partial charge in [-0.15, -0.1) is 0 Å². The molecular formula is C11H18N2O6S2. The molecule has 0 aliphatic heterocycles. The van der Waals surface area contributed by atoms with Crippen LogP contribution < -0.4 is 14.6 Å². The topological polar surface area (TPSA) is 125 Å². The maximum absolute atomic E-state index is 11.9. The third-order valence-electron chi connectivity index (χ3n) is 2.47. The van der Waals surface area contributed by atoms with Crippen molar-refractivity contribution in [3.8, 4) is 5.75 Å². The summed E-state index contributed by atoms with van der Waals surface area (Å²) >= 11 is 0. The predicted octanol–water partition coefficient (Wildman–Crippen LogP) is 0.121. The number of hydrogen-bond acceptors (Lipinski definition) is 6. The van der Waals surface area contributed by atoms with Crippen molar-refractivity contribution < 1.29 is 26.3 Å². The van der Waals surface area contributed by atoms with Crippen molar-refractivity contribution >= 4 is 25.7 Å². The number of nitrogens with one attached hydrogen (secondary N) is 1. The van der Waals surface area contributed by atoms with Gasteiger partial charge >= 0.3 is 0 Å². The lowest BCUT2D eigenvalue weighted by molar-refractivity contribution is 0.163. The van der Waals surface area contributed by atoms with E-state index >= 15 is 0 Å². The molecule has 3 N–H and O–H groups in total. The largest absolute Gasteiger partial charge is 0.495 e. The first kappa shape index (κ1) is 17.7. The Balaban J connectivity index is 3.05. The Kier molecular flexibility index (Phi) is 5.96. The predicted molar refractivity (Wildman–Crippen MR) is 78.3 cm³/mol. The van der Waals surface area contributed by atoms with Crippen LogP contribution in [0.15, 0.2) is 23.1 Å². The molecule has 0 saturated heterocycles. The molecule has 0 amide bonds. The van der Waals surface area contributed by atoms with Gasteiger partial charge in [0.2, 0.25) is 20.0 Å². The van der Waals surface area contributed by atoms with Gasteiger partial charge in [0, 0.05) is 6.61 Å². The number of ether oxygens (including phenoxy) is 2. The highest BCUT2D eigenvalue weighted by atomic mass is 32.2. The minimum atomic E-state index is -3.94. The van der Waals surface area contributed by atoms with Crippen molar-refractivity contribution in [3.05, 3.63) is 18.2 Å². The molecule has 1 rings (SSSR count). The first-order valence-electron chi connectivity index (χ1n) is 5.98. The maximum Gasteiger partial charge on any atom is 0.238 e. The summed E-state index contributed by atoms with van der Waals surface area (Å²) < 4.78 is 58.6. The van der Waals surface area contributed by atoms with E-state index in [1.807, 2.05) is 0 Å². The van der Waals surface area contributed by atoms with Crippen LogP contribution in [0.3, 0.4) is 0 Å². The van der Waals surface area contributed by atoms with Gasteiger partial charge in [-0.2, -0.15) is 0 Å². The second-order valence-corrected chi connectivity index (χ2v) is 7.43. The molecule has 8 nitrogen and oxygen atoms in total. The van der Waals surface area contributed by atoms with E-state index in [2.05, 4.69) is 4.72 Å². The molecular weight excluding hydrogens is 320 g/mol. The Bertz CT molecular complexity index is 685. The Morgan fingerprint density at radius 2 is 1.90 bits per heavy atom. The third kappa shape index (κ3) is 5.50. The summed E-state index contributed by atoms with van der Waals surface area (Å²) in [4.78, 5) is -0.217. The van der Waals surface area contributed by atoms with Crippen LogP contribution in [0.2, 0.25) is 0 Å².